The maximum absolute atomic E-state index is 13.0. The van der Waals surface area contributed by atoms with Gasteiger partial charge >= 0.3 is 29.6 Å². The number of carbonyl (C=O) groups excluding carboxylic acids is 2. The Kier molecular flexibility index (Phi) is 14.7. The molecule has 0 saturated heterocycles. The number of benzene rings is 2. The predicted molar refractivity (Wildman–Crippen MR) is 211 cm³/mol. The van der Waals surface area contributed by atoms with Crippen LogP contribution in [0.2, 0.25) is 0 Å². The summed E-state index contributed by atoms with van der Waals surface area (Å²) in [6, 6.07) is 4.30. The van der Waals surface area contributed by atoms with Crippen molar-refractivity contribution in [2.75, 3.05) is 14.2 Å². The average Bonchev–Trinajstić information content (AvgIpc) is 3.46. The quantitative estimate of drug-likeness (QED) is 0.328. The minimum absolute atomic E-state index is 0. The number of methoxy groups -OCH3 is 2. The van der Waals surface area contributed by atoms with Gasteiger partial charge in [-0.05, 0) is 189 Å². The van der Waals surface area contributed by atoms with E-state index in [1.807, 2.05) is 13.8 Å². The molecule has 2 aromatic rings. The van der Waals surface area contributed by atoms with Gasteiger partial charge in [0, 0.05) is 19.8 Å². The zero-order valence-corrected chi connectivity index (χ0v) is 36.3. The number of hydrogen-bond acceptors (Lipinski definition) is 6. The first kappa shape index (κ1) is 46.7. The molecule has 2 aromatic carbocycles. The smallest absolute Gasteiger partial charge is 0.870 e. The minimum Gasteiger partial charge on any atom is -0.870 e. The van der Waals surface area contributed by atoms with Crippen molar-refractivity contribution in [3.8, 4) is 0 Å². The van der Waals surface area contributed by atoms with Crippen LogP contribution in [0.5, 0.6) is 0 Å². The standard InChI is InChI=1S/C22H31NO2.C21H29NO3.CH4.Na.H2O/c1-13-12-14(2)18(16(4)15(13)3)19-17(5)22(23-20(19)24)10-8-21(6,25-7)9-11-22;1-12-11-13(2)16(15(4)14(12)3)17-18(23)21(22-19(17)24)9-7-20(5,25-6)8-10-21;;;/h12H,8-11H2,1-7H3,(H,23,24);11,23H,7-10H2,1-6H3,(H,22,24);1H4;;1H2/q;;;+1;/p-1. The molecule has 2 aliphatic carbocycles. The first-order valence-electron chi connectivity index (χ1n) is 18.3. The van der Waals surface area contributed by atoms with Gasteiger partial charge in [0.05, 0.1) is 27.9 Å². The molecule has 2 heterocycles. The maximum Gasteiger partial charge on any atom is 1.00 e. The summed E-state index contributed by atoms with van der Waals surface area (Å²) in [6.45, 7) is 23.2. The van der Waals surface area contributed by atoms with Crippen LogP contribution < -0.4 is 40.2 Å². The summed E-state index contributed by atoms with van der Waals surface area (Å²) in [5.41, 5.74) is 13.0. The van der Waals surface area contributed by atoms with Crippen LogP contribution in [0.15, 0.2) is 23.5 Å². The molecule has 2 aliphatic heterocycles. The number of rotatable bonds is 4. The Morgan fingerprint density at radius 2 is 0.906 bits per heavy atom. The zero-order chi connectivity index (χ0) is 37.1. The molecule has 288 valence electrons. The second-order valence-corrected chi connectivity index (χ2v) is 16.4. The molecule has 4 N–H and O–H groups in total. The number of nitrogens with one attached hydrogen (secondary N) is 2. The Labute approximate surface area is 341 Å². The largest absolute Gasteiger partial charge is 1.00 e. The molecule has 2 spiro atoms. The van der Waals surface area contributed by atoms with Gasteiger partial charge < -0.3 is 30.7 Å². The van der Waals surface area contributed by atoms with Crippen molar-refractivity contribution >= 4 is 23.0 Å². The molecule has 0 radical (unpaired) electrons. The van der Waals surface area contributed by atoms with Crippen LogP contribution in [0.3, 0.4) is 0 Å². The number of aliphatic hydroxyl groups is 1. The van der Waals surface area contributed by atoms with Gasteiger partial charge in [-0.2, -0.15) is 0 Å². The van der Waals surface area contributed by atoms with Crippen molar-refractivity contribution in [3.63, 3.8) is 0 Å². The molecule has 0 bridgehead atoms. The number of hydrogen-bond donors (Lipinski definition) is 3. The van der Waals surface area contributed by atoms with E-state index in [2.05, 4.69) is 85.1 Å². The Morgan fingerprint density at radius 1 is 0.566 bits per heavy atom. The fourth-order valence-corrected chi connectivity index (χ4v) is 9.02. The number of carbonyl (C=O) groups is 2. The SMILES string of the molecule is C.COC1(C)CCC2(CC1)NC(=O)C(c1c(C)cc(C)c(C)c1C)=C2C.COC1(C)CCC2(CC1)NC(=O)C(c1c(C)cc(C)c(C)c1C)=C2O.[Na+].[OH-]. The number of aliphatic hydroxyl groups excluding tert-OH is 1. The Morgan fingerprint density at radius 3 is 1.30 bits per heavy atom. The van der Waals surface area contributed by atoms with Gasteiger partial charge in [-0.25, -0.2) is 0 Å². The number of amides is 2. The third kappa shape index (κ3) is 8.10. The van der Waals surface area contributed by atoms with Crippen LogP contribution in [0.4, 0.5) is 0 Å². The van der Waals surface area contributed by atoms with Crippen molar-refractivity contribution in [2.45, 2.75) is 157 Å². The van der Waals surface area contributed by atoms with Crippen LogP contribution in [-0.2, 0) is 19.1 Å². The summed E-state index contributed by atoms with van der Waals surface area (Å²) in [6.07, 6.45) is 6.85. The summed E-state index contributed by atoms with van der Waals surface area (Å²) in [5, 5.41) is 17.5. The van der Waals surface area contributed by atoms with Crippen LogP contribution in [0.25, 0.3) is 11.1 Å². The van der Waals surface area contributed by atoms with E-state index in [4.69, 9.17) is 9.47 Å². The van der Waals surface area contributed by atoms with Crippen LogP contribution >= 0.6 is 0 Å². The molecule has 4 aliphatic rings. The Hall–Kier alpha value is -2.46. The predicted octanol–water partition coefficient (Wildman–Crippen LogP) is 6.04. The van der Waals surface area contributed by atoms with E-state index in [1.165, 1.54) is 39.0 Å². The fourth-order valence-electron chi connectivity index (χ4n) is 9.02. The maximum atomic E-state index is 13.0. The van der Waals surface area contributed by atoms with Crippen molar-refractivity contribution in [1.82, 2.24) is 10.6 Å². The third-order valence-corrected chi connectivity index (χ3v) is 13.5. The number of aryl methyl sites for hydroxylation is 4. The first-order valence-corrected chi connectivity index (χ1v) is 18.3. The van der Waals surface area contributed by atoms with E-state index in [0.717, 1.165) is 66.4 Å². The molecule has 9 heteroatoms. The molecule has 2 saturated carbocycles. The van der Waals surface area contributed by atoms with E-state index < -0.39 is 5.54 Å². The number of ether oxygens (including phenoxy) is 2. The Balaban J connectivity index is 0.000000347. The molecule has 8 nitrogen and oxygen atoms in total. The van der Waals surface area contributed by atoms with E-state index >= 15 is 0 Å². The van der Waals surface area contributed by atoms with Crippen LogP contribution in [-0.4, -0.2) is 58.9 Å². The summed E-state index contributed by atoms with van der Waals surface area (Å²) in [5.74, 6) is 0.144. The van der Waals surface area contributed by atoms with E-state index in [1.54, 1.807) is 14.2 Å². The Bertz CT molecular complexity index is 1670. The van der Waals surface area contributed by atoms with Gasteiger partial charge in [0.25, 0.3) is 11.8 Å². The summed E-state index contributed by atoms with van der Waals surface area (Å²) in [4.78, 5) is 25.8. The fraction of sp³-hybridized carbons (Fsp3) is 0.591. The van der Waals surface area contributed by atoms with E-state index in [9.17, 15) is 14.7 Å². The molecule has 2 fully saturated rings. The van der Waals surface area contributed by atoms with Gasteiger partial charge in [-0.1, -0.05) is 19.6 Å². The second kappa shape index (κ2) is 16.7. The summed E-state index contributed by atoms with van der Waals surface area (Å²) in [7, 11) is 3.52. The second-order valence-electron chi connectivity index (χ2n) is 16.4. The first-order chi connectivity index (χ1) is 23.3. The van der Waals surface area contributed by atoms with Gasteiger partial charge in [0.1, 0.15) is 5.76 Å². The van der Waals surface area contributed by atoms with Crippen LogP contribution in [0.1, 0.15) is 135 Å². The van der Waals surface area contributed by atoms with Gasteiger partial charge in [-0.3, -0.25) is 9.59 Å². The molecule has 2 amide bonds. The molecule has 6 rings (SSSR count). The van der Waals surface area contributed by atoms with Gasteiger partial charge in [-0.15, -0.1) is 0 Å². The molecule has 0 unspecified atom stereocenters. The van der Waals surface area contributed by atoms with E-state index in [-0.39, 0.29) is 76.8 Å². The molecular weight excluding hydrogens is 675 g/mol. The van der Waals surface area contributed by atoms with Crippen molar-refractivity contribution in [2.24, 2.45) is 0 Å². The van der Waals surface area contributed by atoms with Gasteiger partial charge in [0.2, 0.25) is 0 Å². The van der Waals surface area contributed by atoms with Crippen molar-refractivity contribution in [1.29, 1.82) is 0 Å². The van der Waals surface area contributed by atoms with E-state index in [0.29, 0.717) is 18.4 Å². The third-order valence-electron chi connectivity index (χ3n) is 13.5. The topological polar surface area (TPSA) is 127 Å². The molecule has 53 heavy (non-hydrogen) atoms. The summed E-state index contributed by atoms with van der Waals surface area (Å²) >= 11 is 0. The molecule has 0 atom stereocenters. The van der Waals surface area contributed by atoms with Crippen LogP contribution in [0, 0.1) is 55.4 Å². The van der Waals surface area contributed by atoms with Crippen molar-refractivity contribution in [3.05, 3.63) is 79.1 Å². The normalized spacial score (nSPS) is 27.8. The monoisotopic (exact) mass is 740 g/mol. The van der Waals surface area contributed by atoms with Crippen molar-refractivity contribution < 1.29 is 59.2 Å². The average molecular weight is 741 g/mol. The molecular formula is C44H65N2NaO6. The minimum atomic E-state index is -0.637. The van der Waals surface area contributed by atoms with Gasteiger partial charge in [0.15, 0.2) is 0 Å². The molecule has 0 aromatic heterocycles. The zero-order valence-electron chi connectivity index (χ0n) is 34.3. The summed E-state index contributed by atoms with van der Waals surface area (Å²) < 4.78 is 11.3.